The highest BCUT2D eigenvalue weighted by molar-refractivity contribution is 6.34. The Morgan fingerprint density at radius 2 is 2.00 bits per heavy atom. The van der Waals surface area contributed by atoms with Crippen LogP contribution in [0.4, 0.5) is 5.69 Å². The molecule has 0 heterocycles. The van der Waals surface area contributed by atoms with Crippen LogP contribution < -0.4 is 10.5 Å². The number of hydrogen-bond donors (Lipinski definition) is 1. The molecule has 2 aromatic rings. The second-order valence-electron chi connectivity index (χ2n) is 4.24. The molecule has 2 N–H and O–H groups in total. The van der Waals surface area contributed by atoms with E-state index in [2.05, 4.69) is 0 Å². The second kappa shape index (κ2) is 6.70. The average molecular weight is 326 g/mol. The Labute approximate surface area is 132 Å². The molecule has 2 rings (SSSR count). The molecule has 0 aliphatic rings. The van der Waals surface area contributed by atoms with Crippen LogP contribution in [-0.4, -0.2) is 13.1 Å². The first kappa shape index (κ1) is 15.5. The number of nitrogens with two attached hydrogens (primary N) is 1. The van der Waals surface area contributed by atoms with E-state index in [1.807, 2.05) is 0 Å². The average Bonchev–Trinajstić information content (AvgIpc) is 2.47. The minimum atomic E-state index is -0.510. The first-order valence-corrected chi connectivity index (χ1v) is 6.82. The number of nitrogen functional groups attached to an aromatic ring is 1. The van der Waals surface area contributed by atoms with Gasteiger partial charge < -0.3 is 15.2 Å². The molecule has 0 amide bonds. The van der Waals surface area contributed by atoms with Gasteiger partial charge in [0, 0.05) is 22.3 Å². The minimum Gasteiger partial charge on any atom is -0.487 e. The lowest BCUT2D eigenvalue weighted by Gasteiger charge is -2.12. The van der Waals surface area contributed by atoms with Crippen LogP contribution in [0.3, 0.4) is 0 Å². The summed E-state index contributed by atoms with van der Waals surface area (Å²) < 4.78 is 10.3. The smallest absolute Gasteiger partial charge is 0.340 e. The number of benzene rings is 2. The number of rotatable bonds is 4. The predicted molar refractivity (Wildman–Crippen MR) is 83.0 cm³/mol. The van der Waals surface area contributed by atoms with E-state index in [0.29, 0.717) is 27.0 Å². The Kier molecular flexibility index (Phi) is 4.94. The minimum absolute atomic E-state index is 0.121. The molecule has 21 heavy (non-hydrogen) atoms. The second-order valence-corrected chi connectivity index (χ2v) is 5.08. The lowest BCUT2D eigenvalue weighted by Crippen LogP contribution is -2.11. The highest BCUT2D eigenvalue weighted by atomic mass is 35.5. The summed E-state index contributed by atoms with van der Waals surface area (Å²) in [5.74, 6) is -0.0775. The van der Waals surface area contributed by atoms with Gasteiger partial charge in [-0.1, -0.05) is 35.3 Å². The van der Waals surface area contributed by atoms with Crippen LogP contribution in [0.25, 0.3) is 0 Å². The van der Waals surface area contributed by atoms with Crippen molar-refractivity contribution in [1.82, 2.24) is 0 Å². The number of carbonyl (C=O) groups excluding carboxylic acids is 1. The largest absolute Gasteiger partial charge is 0.487 e. The molecule has 2 aromatic carbocycles. The van der Waals surface area contributed by atoms with Crippen molar-refractivity contribution in [3.63, 3.8) is 0 Å². The molecular formula is C15H13Cl2NO3. The van der Waals surface area contributed by atoms with E-state index in [1.165, 1.54) is 7.11 Å². The molecule has 4 nitrogen and oxygen atoms in total. The molecule has 0 radical (unpaired) electrons. The summed E-state index contributed by atoms with van der Waals surface area (Å²) in [4.78, 5) is 11.8. The van der Waals surface area contributed by atoms with E-state index in [9.17, 15) is 4.79 Å². The van der Waals surface area contributed by atoms with E-state index < -0.39 is 5.97 Å². The maximum absolute atomic E-state index is 11.8. The molecule has 0 aliphatic carbocycles. The third-order valence-corrected chi connectivity index (χ3v) is 3.40. The van der Waals surface area contributed by atoms with Crippen molar-refractivity contribution in [2.75, 3.05) is 12.8 Å². The number of halogens is 2. The summed E-state index contributed by atoms with van der Waals surface area (Å²) in [5.41, 5.74) is 7.05. The van der Waals surface area contributed by atoms with Gasteiger partial charge in [-0.2, -0.15) is 0 Å². The first-order valence-electron chi connectivity index (χ1n) is 6.06. The van der Waals surface area contributed by atoms with Crippen molar-refractivity contribution in [2.24, 2.45) is 0 Å². The van der Waals surface area contributed by atoms with Crippen LogP contribution in [-0.2, 0) is 11.3 Å². The van der Waals surface area contributed by atoms with Crippen LogP contribution in [0.2, 0.25) is 10.0 Å². The van der Waals surface area contributed by atoms with Gasteiger partial charge >= 0.3 is 5.97 Å². The van der Waals surface area contributed by atoms with E-state index in [1.54, 1.807) is 36.4 Å². The fourth-order valence-corrected chi connectivity index (χ4v) is 2.17. The summed E-state index contributed by atoms with van der Waals surface area (Å²) in [6.07, 6.45) is 0. The van der Waals surface area contributed by atoms with Gasteiger partial charge in [0.1, 0.15) is 12.4 Å². The lowest BCUT2D eigenvalue weighted by molar-refractivity contribution is 0.0599. The zero-order valence-electron chi connectivity index (χ0n) is 11.2. The summed E-state index contributed by atoms with van der Waals surface area (Å²) in [7, 11) is 1.30. The van der Waals surface area contributed by atoms with Gasteiger partial charge in [0.2, 0.25) is 0 Å². The summed E-state index contributed by atoms with van der Waals surface area (Å²) in [5, 5.41) is 0.943. The van der Waals surface area contributed by atoms with E-state index in [-0.39, 0.29) is 12.2 Å². The van der Waals surface area contributed by atoms with Crippen LogP contribution in [0.1, 0.15) is 15.9 Å². The Morgan fingerprint density at radius 3 is 2.71 bits per heavy atom. The fourth-order valence-electron chi connectivity index (χ4n) is 1.83. The number of anilines is 1. The summed E-state index contributed by atoms with van der Waals surface area (Å²) in [6.45, 7) is 0.121. The van der Waals surface area contributed by atoms with Crippen molar-refractivity contribution in [1.29, 1.82) is 0 Å². The molecule has 0 unspecified atom stereocenters. The maximum Gasteiger partial charge on any atom is 0.340 e. The Balaban J connectivity index is 2.26. The van der Waals surface area contributed by atoms with Crippen molar-refractivity contribution >= 4 is 34.9 Å². The van der Waals surface area contributed by atoms with Gasteiger partial charge in [0.25, 0.3) is 0 Å². The monoisotopic (exact) mass is 325 g/mol. The standard InChI is InChI=1S/C15H13Cl2NO3/c1-20-15(19)14-9(3-2-4-12(14)18)8-21-13-7-10(16)5-6-11(13)17/h2-7H,8,18H2,1H3. The molecule has 0 aliphatic heterocycles. The molecule has 0 bridgehead atoms. The number of esters is 1. The third kappa shape index (κ3) is 3.60. The fraction of sp³-hybridized carbons (Fsp3) is 0.133. The zero-order chi connectivity index (χ0) is 15.4. The Hall–Kier alpha value is -1.91. The predicted octanol–water partition coefficient (Wildman–Crippen LogP) is 3.94. The quantitative estimate of drug-likeness (QED) is 0.683. The normalized spacial score (nSPS) is 10.2. The number of methoxy groups -OCH3 is 1. The third-order valence-electron chi connectivity index (χ3n) is 2.85. The molecule has 0 spiro atoms. The van der Waals surface area contributed by atoms with Crippen LogP contribution in [0.15, 0.2) is 36.4 Å². The number of hydrogen-bond acceptors (Lipinski definition) is 4. The Bertz CT molecular complexity index is 674. The van der Waals surface area contributed by atoms with Crippen LogP contribution in [0.5, 0.6) is 5.75 Å². The maximum atomic E-state index is 11.8. The van der Waals surface area contributed by atoms with Crippen molar-refractivity contribution in [3.8, 4) is 5.75 Å². The van der Waals surface area contributed by atoms with Gasteiger partial charge in [-0.3, -0.25) is 0 Å². The molecule has 6 heteroatoms. The molecule has 0 saturated carbocycles. The lowest BCUT2D eigenvalue weighted by atomic mass is 10.1. The van der Waals surface area contributed by atoms with Gasteiger partial charge in [0.15, 0.2) is 0 Å². The molecule has 0 aromatic heterocycles. The molecular weight excluding hydrogens is 313 g/mol. The van der Waals surface area contributed by atoms with Crippen LogP contribution >= 0.6 is 23.2 Å². The van der Waals surface area contributed by atoms with Gasteiger partial charge in [-0.15, -0.1) is 0 Å². The van der Waals surface area contributed by atoms with Gasteiger partial charge in [-0.05, 0) is 18.2 Å². The van der Waals surface area contributed by atoms with Crippen molar-refractivity contribution in [3.05, 3.63) is 57.6 Å². The molecule has 110 valence electrons. The van der Waals surface area contributed by atoms with Gasteiger partial charge in [0.05, 0.1) is 17.7 Å². The highest BCUT2D eigenvalue weighted by Gasteiger charge is 2.16. The van der Waals surface area contributed by atoms with E-state index >= 15 is 0 Å². The number of ether oxygens (including phenoxy) is 2. The van der Waals surface area contributed by atoms with Crippen molar-refractivity contribution < 1.29 is 14.3 Å². The summed E-state index contributed by atoms with van der Waals surface area (Å²) >= 11 is 11.9. The molecule has 0 saturated heterocycles. The van der Waals surface area contributed by atoms with E-state index in [0.717, 1.165) is 0 Å². The zero-order valence-corrected chi connectivity index (χ0v) is 12.7. The summed E-state index contributed by atoms with van der Waals surface area (Å²) in [6, 6.07) is 10.0. The van der Waals surface area contributed by atoms with E-state index in [4.69, 9.17) is 38.4 Å². The Morgan fingerprint density at radius 1 is 1.24 bits per heavy atom. The highest BCUT2D eigenvalue weighted by Crippen LogP contribution is 2.29. The molecule has 0 fully saturated rings. The van der Waals surface area contributed by atoms with Gasteiger partial charge in [-0.25, -0.2) is 4.79 Å². The number of carbonyl (C=O) groups is 1. The van der Waals surface area contributed by atoms with Crippen molar-refractivity contribution in [2.45, 2.75) is 6.61 Å². The first-order chi connectivity index (χ1) is 10.0. The SMILES string of the molecule is COC(=O)c1c(N)cccc1COc1cc(Cl)ccc1Cl. The molecule has 0 atom stereocenters. The van der Waals surface area contributed by atoms with Crippen LogP contribution in [0, 0.1) is 0 Å². The topological polar surface area (TPSA) is 61.5 Å².